The Morgan fingerprint density at radius 2 is 1.84 bits per heavy atom. The normalized spacial score (nSPS) is 27.4. The molecule has 4 aliphatic heterocycles. The second-order valence-electron chi connectivity index (χ2n) is 14.9. The summed E-state index contributed by atoms with van der Waals surface area (Å²) >= 11 is 0. The van der Waals surface area contributed by atoms with Crippen molar-refractivity contribution in [3.05, 3.63) is 83.4 Å². The van der Waals surface area contributed by atoms with Crippen LogP contribution in [0.15, 0.2) is 66.7 Å². The molecule has 7 rings (SSSR count). The summed E-state index contributed by atoms with van der Waals surface area (Å²) in [5.74, 6) is 0.118. The lowest BCUT2D eigenvalue weighted by molar-refractivity contribution is -0.150. The van der Waals surface area contributed by atoms with Gasteiger partial charge in [0.15, 0.2) is 5.60 Å². The maximum Gasteiger partial charge on any atom is 0.264 e. The largest absolute Gasteiger partial charge is 0.497 e. The van der Waals surface area contributed by atoms with E-state index < -0.39 is 19.8 Å². The van der Waals surface area contributed by atoms with Crippen LogP contribution in [0.2, 0.25) is 18.6 Å². The predicted octanol–water partition coefficient (Wildman–Crippen LogP) is 3.91. The Kier molecular flexibility index (Phi) is 9.13. The number of hydrogen-bond donors (Lipinski definition) is 3. The van der Waals surface area contributed by atoms with Crippen molar-refractivity contribution in [3.8, 4) is 5.75 Å². The Bertz CT molecular complexity index is 1790. The number of ether oxygens (including phenoxy) is 2. The molecule has 4 aliphatic rings. The van der Waals surface area contributed by atoms with Crippen molar-refractivity contribution in [2.45, 2.75) is 81.6 Å². The number of nitrogens with one attached hydrogen (secondary N) is 2. The van der Waals surface area contributed by atoms with Crippen LogP contribution in [0.25, 0.3) is 0 Å². The quantitative estimate of drug-likeness (QED) is 0.306. The highest BCUT2D eigenvalue weighted by Gasteiger charge is 2.66. The molecule has 50 heavy (non-hydrogen) atoms. The highest BCUT2D eigenvalue weighted by molar-refractivity contribution is 6.91. The van der Waals surface area contributed by atoms with Gasteiger partial charge in [-0.25, -0.2) is 0 Å². The van der Waals surface area contributed by atoms with Crippen LogP contribution >= 0.6 is 0 Å². The van der Waals surface area contributed by atoms with E-state index in [1.54, 1.807) is 24.0 Å². The summed E-state index contributed by atoms with van der Waals surface area (Å²) in [6, 6.07) is 21.2. The van der Waals surface area contributed by atoms with E-state index in [4.69, 9.17) is 9.47 Å². The molecule has 0 radical (unpaired) electrons. The number of aliphatic hydroxyl groups is 1. The average molecular weight is 697 g/mol. The van der Waals surface area contributed by atoms with E-state index in [0.29, 0.717) is 24.2 Å². The van der Waals surface area contributed by atoms with Crippen molar-refractivity contribution < 1.29 is 29.0 Å². The topological polar surface area (TPSA) is 120 Å². The molecule has 10 nitrogen and oxygen atoms in total. The molecule has 3 N–H and O–H groups in total. The van der Waals surface area contributed by atoms with Crippen molar-refractivity contribution in [2.75, 3.05) is 37.5 Å². The summed E-state index contributed by atoms with van der Waals surface area (Å²) in [5, 5.41) is 17.9. The summed E-state index contributed by atoms with van der Waals surface area (Å²) in [6.45, 7) is 7.77. The summed E-state index contributed by atoms with van der Waals surface area (Å²) in [6.07, 6.45) is 1.83. The molecule has 3 aromatic rings. The van der Waals surface area contributed by atoms with Crippen LogP contribution in [0, 0.1) is 5.92 Å². The Morgan fingerprint density at radius 1 is 1.10 bits per heavy atom. The minimum Gasteiger partial charge on any atom is -0.497 e. The smallest absolute Gasteiger partial charge is 0.264 e. The van der Waals surface area contributed by atoms with Gasteiger partial charge in [0, 0.05) is 30.8 Å². The number of anilines is 2. The summed E-state index contributed by atoms with van der Waals surface area (Å²) in [7, 11) is 0.934. The van der Waals surface area contributed by atoms with Crippen molar-refractivity contribution in [3.63, 3.8) is 0 Å². The fourth-order valence-corrected chi connectivity index (χ4v) is 13.2. The summed E-state index contributed by atoms with van der Waals surface area (Å²) in [4.78, 5) is 45.5. The molecule has 2 saturated heterocycles. The minimum absolute atomic E-state index is 0.0815. The van der Waals surface area contributed by atoms with Gasteiger partial charge in [0.25, 0.3) is 5.91 Å². The number of amides is 3. The molecule has 3 aromatic carbocycles. The van der Waals surface area contributed by atoms with Crippen molar-refractivity contribution in [1.82, 2.24) is 10.2 Å². The maximum atomic E-state index is 14.6. The highest BCUT2D eigenvalue weighted by Crippen LogP contribution is 2.60. The van der Waals surface area contributed by atoms with Crippen LogP contribution in [0.4, 0.5) is 11.4 Å². The number of likely N-dealkylation sites (N-methyl/N-ethyl adjacent to an activating group) is 1. The molecule has 11 heteroatoms. The third-order valence-electron chi connectivity index (χ3n) is 11.9. The molecule has 0 unspecified atom stereocenters. The summed E-state index contributed by atoms with van der Waals surface area (Å²) < 4.78 is 12.6. The van der Waals surface area contributed by atoms with Crippen LogP contribution in [-0.2, 0) is 37.7 Å². The lowest BCUT2D eigenvalue weighted by atomic mass is 9.82. The van der Waals surface area contributed by atoms with Gasteiger partial charge in [0.05, 0.1) is 52.1 Å². The third kappa shape index (κ3) is 5.64. The van der Waals surface area contributed by atoms with Crippen molar-refractivity contribution >= 4 is 42.4 Å². The second kappa shape index (κ2) is 13.3. The number of carbonyl (C=O) groups is 3. The van der Waals surface area contributed by atoms with E-state index in [9.17, 15) is 19.5 Å². The van der Waals surface area contributed by atoms with Crippen LogP contribution < -0.4 is 25.5 Å². The molecule has 0 aliphatic carbocycles. The molecule has 3 amide bonds. The fraction of sp³-hybridized carbons (Fsp3) is 0.462. The number of rotatable bonds is 8. The molecule has 0 saturated carbocycles. The van der Waals surface area contributed by atoms with Crippen LogP contribution in [0.1, 0.15) is 42.9 Å². The second-order valence-corrected chi connectivity index (χ2v) is 19.6. The zero-order valence-corrected chi connectivity index (χ0v) is 30.6. The monoisotopic (exact) mass is 696 g/mol. The average Bonchev–Trinajstić information content (AvgIpc) is 3.82. The number of carbonyl (C=O) groups excluding carboxylic acids is 3. The molecular weight excluding hydrogens is 649 g/mol. The van der Waals surface area contributed by atoms with Gasteiger partial charge in [-0.15, -0.1) is 0 Å². The minimum atomic E-state index is -2.48. The van der Waals surface area contributed by atoms with E-state index in [2.05, 4.69) is 48.9 Å². The number of fused-ring (bicyclic) bond motifs is 3. The molecule has 0 aromatic heterocycles. The highest BCUT2D eigenvalue weighted by atomic mass is 28.3. The Morgan fingerprint density at radius 3 is 2.52 bits per heavy atom. The van der Waals surface area contributed by atoms with Gasteiger partial charge in [0.2, 0.25) is 11.8 Å². The number of methoxy groups -OCH3 is 1. The van der Waals surface area contributed by atoms with E-state index >= 15 is 0 Å². The van der Waals surface area contributed by atoms with E-state index in [-0.39, 0.29) is 54.3 Å². The van der Waals surface area contributed by atoms with E-state index in [1.165, 1.54) is 5.19 Å². The van der Waals surface area contributed by atoms with Crippen LogP contribution in [0.3, 0.4) is 0 Å². The first-order chi connectivity index (χ1) is 24.0. The molecule has 1 spiro atoms. The van der Waals surface area contributed by atoms with Crippen LogP contribution in [-0.4, -0.2) is 81.3 Å². The maximum absolute atomic E-state index is 14.6. The molecular formula is C39H48N4O6Si. The van der Waals surface area contributed by atoms with Gasteiger partial charge in [-0.1, -0.05) is 61.6 Å². The third-order valence-corrected chi connectivity index (χ3v) is 16.2. The molecule has 4 heterocycles. The van der Waals surface area contributed by atoms with Gasteiger partial charge in [-0.05, 0) is 72.8 Å². The first-order valence-electron chi connectivity index (χ1n) is 17.8. The van der Waals surface area contributed by atoms with Crippen molar-refractivity contribution in [2.24, 2.45) is 5.92 Å². The molecule has 264 valence electrons. The number of aliphatic hydroxyl groups excluding tert-OH is 1. The standard InChI is InChI=1S/C39H48N4O6Si/c1-24-36(50(4,5)30-15-13-29(48-3)14-16-30)34(21-35(45)43-22-26-10-7-6-9-25(26)19-28(43)23-44)49-39(24)31-20-27(12-17-33(31)42(2)38(39)47)41-37(46)32-11-8-18-40-32/h6-7,9-10,12-17,20,24,28,32,34,36,40,44H,8,11,18-19,21-23H2,1-5H3,(H,41,46)/t24-,28+,32-,34+,36-,39+/m1/s1. The first-order valence-corrected chi connectivity index (χ1v) is 20.8. The van der Waals surface area contributed by atoms with Crippen molar-refractivity contribution in [1.29, 1.82) is 0 Å². The molecule has 2 fully saturated rings. The lowest BCUT2D eigenvalue weighted by Crippen LogP contribution is -2.52. The predicted molar refractivity (Wildman–Crippen MR) is 195 cm³/mol. The zero-order valence-electron chi connectivity index (χ0n) is 29.6. The number of benzene rings is 3. The Balaban J connectivity index is 1.27. The van der Waals surface area contributed by atoms with Gasteiger partial charge < -0.3 is 35.0 Å². The molecule has 0 bridgehead atoms. The van der Waals surface area contributed by atoms with Gasteiger partial charge in [-0.2, -0.15) is 0 Å². The van der Waals surface area contributed by atoms with Gasteiger partial charge in [-0.3, -0.25) is 14.4 Å². The number of hydrogen-bond acceptors (Lipinski definition) is 7. The Labute approximate surface area is 295 Å². The number of nitrogens with zero attached hydrogens (tertiary/aromatic N) is 2. The summed E-state index contributed by atoms with van der Waals surface area (Å²) in [5.41, 5.74) is 2.82. The molecule has 6 atom stereocenters. The van der Waals surface area contributed by atoms with Crippen LogP contribution in [0.5, 0.6) is 5.75 Å². The zero-order chi connectivity index (χ0) is 35.4. The Hall–Kier alpha value is -4.03. The van der Waals surface area contributed by atoms with Gasteiger partial charge >= 0.3 is 0 Å². The SMILES string of the molecule is COc1ccc([Si](C)(C)[C@H]2[C@H](CC(=O)N3Cc4ccccc4C[C@H]3CO)O[C@@]3(C(=O)N(C)c4ccc(NC(=O)[C@H]5CCCN5)cc43)[C@@H]2C)cc1. The fourth-order valence-electron chi connectivity index (χ4n) is 9.17. The lowest BCUT2D eigenvalue weighted by Gasteiger charge is -2.39. The van der Waals surface area contributed by atoms with E-state index in [0.717, 1.165) is 42.0 Å². The van der Waals surface area contributed by atoms with Gasteiger partial charge in [0.1, 0.15) is 5.75 Å². The van der Waals surface area contributed by atoms with E-state index in [1.807, 2.05) is 48.5 Å². The first kappa shape index (κ1) is 34.4.